The van der Waals surface area contributed by atoms with E-state index in [1.807, 2.05) is 20.8 Å². The van der Waals surface area contributed by atoms with Crippen LogP contribution in [-0.4, -0.2) is 49.4 Å². The van der Waals surface area contributed by atoms with E-state index in [0.29, 0.717) is 31.0 Å². The lowest BCUT2D eigenvalue weighted by molar-refractivity contribution is 0.0696. The highest BCUT2D eigenvalue weighted by molar-refractivity contribution is 7.89. The van der Waals surface area contributed by atoms with Gasteiger partial charge in [-0.2, -0.15) is 4.31 Å². The first kappa shape index (κ1) is 26.1. The van der Waals surface area contributed by atoms with E-state index in [0.717, 1.165) is 12.8 Å². The monoisotopic (exact) mass is 450 g/mol. The molecule has 0 heterocycles. The van der Waals surface area contributed by atoms with Crippen LogP contribution >= 0.6 is 0 Å². The van der Waals surface area contributed by atoms with E-state index in [-0.39, 0.29) is 10.5 Å². The number of para-hydroxylation sites is 1. The first-order valence-electron chi connectivity index (χ1n) is 10.0. The summed E-state index contributed by atoms with van der Waals surface area (Å²) in [6.07, 6.45) is 1.48. The van der Waals surface area contributed by atoms with E-state index in [4.69, 9.17) is 15.6 Å². The van der Waals surface area contributed by atoms with Crippen molar-refractivity contribution in [2.75, 3.05) is 19.7 Å². The molecule has 1 amide bonds. The van der Waals surface area contributed by atoms with E-state index in [2.05, 4.69) is 0 Å². The van der Waals surface area contributed by atoms with E-state index in [1.165, 1.54) is 28.6 Å². The maximum Gasteiger partial charge on any atom is 0.335 e. The lowest BCUT2D eigenvalue weighted by Gasteiger charge is -2.20. The number of sulfonamides is 1. The van der Waals surface area contributed by atoms with Crippen molar-refractivity contribution in [3.63, 3.8) is 0 Å². The molecular weight excluding hydrogens is 420 g/mol. The summed E-state index contributed by atoms with van der Waals surface area (Å²) < 4.78 is 31.4. The smallest absolute Gasteiger partial charge is 0.335 e. The van der Waals surface area contributed by atoms with Crippen LogP contribution in [0.1, 0.15) is 54.3 Å². The van der Waals surface area contributed by atoms with E-state index < -0.39 is 21.9 Å². The fourth-order valence-corrected chi connectivity index (χ4v) is 4.35. The molecule has 0 aliphatic rings. The molecule has 0 saturated carbocycles. The van der Waals surface area contributed by atoms with Crippen LogP contribution in [0, 0.1) is 0 Å². The highest BCUT2D eigenvalue weighted by Crippen LogP contribution is 2.18. The molecule has 9 heteroatoms. The van der Waals surface area contributed by atoms with E-state index in [9.17, 15) is 18.0 Å². The summed E-state index contributed by atoms with van der Waals surface area (Å²) in [5.41, 5.74) is 5.64. The molecular formula is C22H30N2O6S. The third kappa shape index (κ3) is 7.69. The predicted molar refractivity (Wildman–Crippen MR) is 119 cm³/mol. The number of rotatable bonds is 10. The van der Waals surface area contributed by atoms with Crippen LogP contribution < -0.4 is 10.5 Å². The average molecular weight is 451 g/mol. The molecule has 0 radical (unpaired) electrons. The molecule has 0 unspecified atom stereocenters. The van der Waals surface area contributed by atoms with Crippen LogP contribution in [0.2, 0.25) is 0 Å². The Morgan fingerprint density at radius 1 is 0.968 bits per heavy atom. The van der Waals surface area contributed by atoms with Crippen molar-refractivity contribution in [2.24, 2.45) is 5.73 Å². The molecule has 8 nitrogen and oxygen atoms in total. The number of carbonyl (C=O) groups excluding carboxylic acids is 1. The topological polar surface area (TPSA) is 127 Å². The zero-order chi connectivity index (χ0) is 23.4. The molecule has 0 spiro atoms. The highest BCUT2D eigenvalue weighted by atomic mass is 32.2. The number of amides is 1. The van der Waals surface area contributed by atoms with Crippen molar-refractivity contribution in [2.45, 2.75) is 38.5 Å². The molecule has 170 valence electrons. The molecule has 0 saturated heterocycles. The van der Waals surface area contributed by atoms with Gasteiger partial charge in [0.25, 0.3) is 5.91 Å². The number of hydrogen-bond acceptors (Lipinski definition) is 5. The van der Waals surface area contributed by atoms with Gasteiger partial charge in [-0.15, -0.1) is 0 Å². The largest absolute Gasteiger partial charge is 0.493 e. The maximum absolute atomic E-state index is 12.4. The Bertz CT molecular complexity index is 952. The van der Waals surface area contributed by atoms with Crippen LogP contribution in [0.3, 0.4) is 0 Å². The summed E-state index contributed by atoms with van der Waals surface area (Å²) in [6.45, 7) is 7.17. The summed E-state index contributed by atoms with van der Waals surface area (Å²) in [5.74, 6) is -0.977. The van der Waals surface area contributed by atoms with Crippen LogP contribution in [0.5, 0.6) is 5.75 Å². The fraction of sp³-hybridized carbons (Fsp3) is 0.364. The zero-order valence-electron chi connectivity index (χ0n) is 18.1. The van der Waals surface area contributed by atoms with Crippen LogP contribution in [-0.2, 0) is 10.0 Å². The average Bonchev–Trinajstić information content (AvgIpc) is 2.74. The van der Waals surface area contributed by atoms with Crippen molar-refractivity contribution in [3.8, 4) is 5.75 Å². The minimum absolute atomic E-state index is 0.0801. The van der Waals surface area contributed by atoms with Crippen LogP contribution in [0.4, 0.5) is 0 Å². The van der Waals surface area contributed by atoms with Crippen molar-refractivity contribution in [1.82, 2.24) is 4.31 Å². The van der Waals surface area contributed by atoms with Gasteiger partial charge in [-0.3, -0.25) is 4.79 Å². The molecule has 31 heavy (non-hydrogen) atoms. The second-order valence-corrected chi connectivity index (χ2v) is 8.46. The lowest BCUT2D eigenvalue weighted by Crippen LogP contribution is -2.32. The van der Waals surface area contributed by atoms with Crippen molar-refractivity contribution in [1.29, 1.82) is 0 Å². The number of carbonyl (C=O) groups is 2. The molecule has 2 aromatic rings. The molecule has 2 rings (SSSR count). The SMILES string of the molecule is CCCN(CCC)S(=O)(=O)c1ccc(C(=O)O)cc1.CCOc1ccccc1C(N)=O. The van der Waals surface area contributed by atoms with Crippen molar-refractivity contribution < 1.29 is 27.9 Å². The number of hydrogen-bond donors (Lipinski definition) is 2. The zero-order valence-corrected chi connectivity index (χ0v) is 18.9. The van der Waals surface area contributed by atoms with Gasteiger partial charge < -0.3 is 15.6 Å². The maximum atomic E-state index is 12.4. The summed E-state index contributed by atoms with van der Waals surface area (Å²) in [6, 6.07) is 12.2. The summed E-state index contributed by atoms with van der Waals surface area (Å²) >= 11 is 0. The molecule has 0 bridgehead atoms. The van der Waals surface area contributed by atoms with Crippen molar-refractivity contribution in [3.05, 3.63) is 59.7 Å². The van der Waals surface area contributed by atoms with E-state index >= 15 is 0 Å². The van der Waals surface area contributed by atoms with Crippen molar-refractivity contribution >= 4 is 21.9 Å². The molecule has 0 aromatic heterocycles. The standard InChI is InChI=1S/C13H19NO4S.C9H11NO2/c1-3-9-14(10-4-2)19(17,18)12-7-5-11(6-8-12)13(15)16;1-2-12-8-6-4-3-5-7(8)9(10)11/h5-8H,3-4,9-10H2,1-2H3,(H,15,16);3-6H,2H2,1H3,(H2,10,11). The number of carboxylic acids is 1. The lowest BCUT2D eigenvalue weighted by atomic mass is 10.2. The number of carboxylic acid groups (broad SMARTS) is 1. The van der Waals surface area contributed by atoms with Gasteiger partial charge in [0.2, 0.25) is 10.0 Å². The Hall–Kier alpha value is -2.91. The van der Waals surface area contributed by atoms with E-state index in [1.54, 1.807) is 24.3 Å². The third-order valence-electron chi connectivity index (χ3n) is 4.14. The number of aromatic carboxylic acids is 1. The molecule has 3 N–H and O–H groups in total. The number of nitrogens with zero attached hydrogens (tertiary/aromatic N) is 1. The van der Waals surface area contributed by atoms with Gasteiger partial charge in [0.15, 0.2) is 0 Å². The Morgan fingerprint density at radius 2 is 1.52 bits per heavy atom. The quantitative estimate of drug-likeness (QED) is 0.571. The van der Waals surface area contributed by atoms with Gasteiger partial charge in [0.05, 0.1) is 22.6 Å². The second kappa shape index (κ2) is 12.7. The number of benzene rings is 2. The summed E-state index contributed by atoms with van der Waals surface area (Å²) in [7, 11) is -3.53. The van der Waals surface area contributed by atoms with Gasteiger partial charge in [0.1, 0.15) is 5.75 Å². The minimum Gasteiger partial charge on any atom is -0.493 e. The highest BCUT2D eigenvalue weighted by Gasteiger charge is 2.23. The predicted octanol–water partition coefficient (Wildman–Crippen LogP) is 3.38. The molecule has 0 aliphatic heterocycles. The van der Waals surface area contributed by atoms with Gasteiger partial charge >= 0.3 is 5.97 Å². The van der Waals surface area contributed by atoms with Gasteiger partial charge in [-0.05, 0) is 56.2 Å². The fourth-order valence-electron chi connectivity index (χ4n) is 2.72. The first-order chi connectivity index (χ1) is 14.7. The Morgan fingerprint density at radius 3 is 1.97 bits per heavy atom. The molecule has 0 aliphatic carbocycles. The summed E-state index contributed by atoms with van der Waals surface area (Å²) in [4.78, 5) is 21.7. The first-order valence-corrected chi connectivity index (χ1v) is 11.5. The second-order valence-electron chi connectivity index (χ2n) is 6.53. The molecule has 2 aromatic carbocycles. The molecule has 0 fully saturated rings. The summed E-state index contributed by atoms with van der Waals surface area (Å²) in [5, 5.41) is 8.80. The minimum atomic E-state index is -3.53. The Balaban J connectivity index is 0.000000343. The Labute approximate surface area is 183 Å². The van der Waals surface area contributed by atoms with Crippen LogP contribution in [0.15, 0.2) is 53.4 Å². The number of primary amides is 1. The van der Waals surface area contributed by atoms with Crippen LogP contribution in [0.25, 0.3) is 0 Å². The van der Waals surface area contributed by atoms with Gasteiger partial charge in [-0.1, -0.05) is 26.0 Å². The van der Waals surface area contributed by atoms with Gasteiger partial charge in [0, 0.05) is 13.1 Å². The van der Waals surface area contributed by atoms with Gasteiger partial charge in [-0.25, -0.2) is 13.2 Å². The number of nitrogens with two attached hydrogens (primary N) is 1. The molecule has 0 atom stereocenters. The Kier molecular flexibility index (Phi) is 10.7. The third-order valence-corrected chi connectivity index (χ3v) is 6.05. The number of ether oxygens (including phenoxy) is 1. The normalized spacial score (nSPS) is 10.8.